The third-order valence-electron chi connectivity index (χ3n) is 4.41. The molecule has 1 heterocycles. The highest BCUT2D eigenvalue weighted by atomic mass is 19.4. The molecule has 2 aliphatic carbocycles. The number of pyridine rings is 1. The Balaban J connectivity index is 1.42. The van der Waals surface area contributed by atoms with E-state index in [0.717, 1.165) is 0 Å². The van der Waals surface area contributed by atoms with Gasteiger partial charge in [-0.05, 0) is 24.5 Å². The van der Waals surface area contributed by atoms with Crippen LogP contribution < -0.4 is 15.4 Å². The summed E-state index contributed by atoms with van der Waals surface area (Å²) in [4.78, 5) is 15.4. The molecule has 5 nitrogen and oxygen atoms in total. The summed E-state index contributed by atoms with van der Waals surface area (Å²) < 4.78 is 67.0. The summed E-state index contributed by atoms with van der Waals surface area (Å²) >= 11 is 0. The van der Waals surface area contributed by atoms with E-state index in [2.05, 4.69) is 20.4 Å². The summed E-state index contributed by atoms with van der Waals surface area (Å²) in [6.07, 6.45) is -2.67. The van der Waals surface area contributed by atoms with Crippen molar-refractivity contribution in [2.45, 2.75) is 37.5 Å². The number of carbonyl (C=O) groups is 1. The van der Waals surface area contributed by atoms with Gasteiger partial charge in [-0.15, -0.1) is 0 Å². The zero-order valence-electron chi connectivity index (χ0n) is 12.9. The van der Waals surface area contributed by atoms with E-state index >= 15 is 0 Å². The first-order valence-corrected chi connectivity index (χ1v) is 7.72. The SMILES string of the molecule is O=C(NCc1ccnc(OCC(F)(F)F)c1)N[C@@H]1C[C@@H]2[C@H](C1)C2(F)F. The Morgan fingerprint density at radius 1 is 1.32 bits per heavy atom. The molecule has 2 aliphatic rings. The smallest absolute Gasteiger partial charge is 0.422 e. The number of nitrogens with one attached hydrogen (secondary N) is 2. The molecule has 10 heteroatoms. The third-order valence-corrected chi connectivity index (χ3v) is 4.41. The van der Waals surface area contributed by atoms with Crippen LogP contribution in [0.15, 0.2) is 18.3 Å². The van der Waals surface area contributed by atoms with E-state index < -0.39 is 36.6 Å². The van der Waals surface area contributed by atoms with Crippen LogP contribution in [0.25, 0.3) is 0 Å². The molecule has 2 N–H and O–H groups in total. The molecule has 0 aromatic carbocycles. The molecule has 0 aliphatic heterocycles. The number of halogens is 5. The fraction of sp³-hybridized carbons (Fsp3) is 0.600. The van der Waals surface area contributed by atoms with Crippen LogP contribution in [0.2, 0.25) is 0 Å². The van der Waals surface area contributed by atoms with Crippen molar-refractivity contribution in [1.82, 2.24) is 15.6 Å². The van der Waals surface area contributed by atoms with E-state index in [1.54, 1.807) is 0 Å². The molecular formula is C15H16F5N3O2. The van der Waals surface area contributed by atoms with Crippen LogP contribution in [0.3, 0.4) is 0 Å². The van der Waals surface area contributed by atoms with E-state index in [9.17, 15) is 26.7 Å². The molecule has 0 bridgehead atoms. The first kappa shape index (κ1) is 17.7. The highest BCUT2D eigenvalue weighted by Crippen LogP contribution is 2.63. The molecule has 0 unspecified atom stereocenters. The zero-order chi connectivity index (χ0) is 18.2. The van der Waals surface area contributed by atoms with Crippen molar-refractivity contribution in [1.29, 1.82) is 0 Å². The number of aromatic nitrogens is 1. The van der Waals surface area contributed by atoms with Crippen LogP contribution in [0, 0.1) is 11.8 Å². The van der Waals surface area contributed by atoms with Crippen molar-refractivity contribution in [2.75, 3.05) is 6.61 Å². The lowest BCUT2D eigenvalue weighted by Gasteiger charge is -2.16. The molecule has 0 spiro atoms. The summed E-state index contributed by atoms with van der Waals surface area (Å²) in [5, 5.41) is 5.16. The average molecular weight is 365 g/mol. The van der Waals surface area contributed by atoms with E-state index in [0.29, 0.717) is 5.56 Å². The summed E-state index contributed by atoms with van der Waals surface area (Å²) in [6.45, 7) is -1.40. The van der Waals surface area contributed by atoms with Crippen molar-refractivity contribution < 1.29 is 31.5 Å². The van der Waals surface area contributed by atoms with Gasteiger partial charge in [-0.25, -0.2) is 18.6 Å². The normalized spacial score (nSPS) is 26.7. The van der Waals surface area contributed by atoms with Gasteiger partial charge in [-0.1, -0.05) is 0 Å². The predicted molar refractivity (Wildman–Crippen MR) is 76.1 cm³/mol. The van der Waals surface area contributed by atoms with Gasteiger partial charge in [0.25, 0.3) is 5.92 Å². The van der Waals surface area contributed by atoms with Crippen molar-refractivity contribution in [3.63, 3.8) is 0 Å². The second-order valence-corrected chi connectivity index (χ2v) is 6.29. The van der Waals surface area contributed by atoms with Gasteiger partial charge in [-0.2, -0.15) is 13.2 Å². The minimum atomic E-state index is -4.46. The maximum Gasteiger partial charge on any atom is 0.422 e. The number of amides is 2. The van der Waals surface area contributed by atoms with Crippen LogP contribution in [0.5, 0.6) is 5.88 Å². The average Bonchev–Trinajstić information content (AvgIpc) is 2.88. The van der Waals surface area contributed by atoms with Gasteiger partial charge in [0.2, 0.25) is 5.88 Å². The summed E-state index contributed by atoms with van der Waals surface area (Å²) in [5.41, 5.74) is 0.503. The van der Waals surface area contributed by atoms with Gasteiger partial charge in [0.15, 0.2) is 6.61 Å². The highest BCUT2D eigenvalue weighted by Gasteiger charge is 2.71. The van der Waals surface area contributed by atoms with E-state index in [-0.39, 0.29) is 31.3 Å². The van der Waals surface area contributed by atoms with Crippen LogP contribution in [-0.4, -0.2) is 35.8 Å². The molecule has 3 atom stereocenters. The summed E-state index contributed by atoms with van der Waals surface area (Å²) in [5.74, 6) is -4.05. The van der Waals surface area contributed by atoms with Crippen molar-refractivity contribution in [3.8, 4) is 5.88 Å². The van der Waals surface area contributed by atoms with Gasteiger partial charge in [0.05, 0.1) is 0 Å². The van der Waals surface area contributed by atoms with E-state index in [1.165, 1.54) is 18.3 Å². The third kappa shape index (κ3) is 4.29. The van der Waals surface area contributed by atoms with Gasteiger partial charge < -0.3 is 15.4 Å². The lowest BCUT2D eigenvalue weighted by Crippen LogP contribution is -2.41. The van der Waals surface area contributed by atoms with Gasteiger partial charge >= 0.3 is 12.2 Å². The summed E-state index contributed by atoms with van der Waals surface area (Å²) in [6, 6.07) is 2.02. The fourth-order valence-corrected chi connectivity index (χ4v) is 3.14. The molecule has 2 saturated carbocycles. The minimum Gasteiger partial charge on any atom is -0.468 e. The second-order valence-electron chi connectivity index (χ2n) is 6.29. The Bertz CT molecular complexity index is 638. The first-order chi connectivity index (χ1) is 11.6. The fourth-order valence-electron chi connectivity index (χ4n) is 3.14. The van der Waals surface area contributed by atoms with Crippen molar-refractivity contribution >= 4 is 6.03 Å². The van der Waals surface area contributed by atoms with E-state index in [4.69, 9.17) is 0 Å². The molecule has 3 rings (SSSR count). The molecule has 2 fully saturated rings. The Morgan fingerprint density at radius 2 is 2.00 bits per heavy atom. The Kier molecular flexibility index (Phi) is 4.46. The van der Waals surface area contributed by atoms with Crippen LogP contribution in [0.1, 0.15) is 18.4 Å². The molecular weight excluding hydrogens is 349 g/mol. The highest BCUT2D eigenvalue weighted by molar-refractivity contribution is 5.74. The van der Waals surface area contributed by atoms with Crippen LogP contribution in [-0.2, 0) is 6.54 Å². The number of hydrogen-bond donors (Lipinski definition) is 2. The molecule has 138 valence electrons. The Labute approximate surface area is 139 Å². The summed E-state index contributed by atoms with van der Waals surface area (Å²) in [7, 11) is 0. The minimum absolute atomic E-state index is 0.0481. The Hall–Kier alpha value is -2.13. The maximum absolute atomic E-state index is 13.1. The Morgan fingerprint density at radius 3 is 2.64 bits per heavy atom. The number of ether oxygens (including phenoxy) is 1. The second kappa shape index (κ2) is 6.30. The maximum atomic E-state index is 13.1. The van der Waals surface area contributed by atoms with Gasteiger partial charge in [0, 0.05) is 36.7 Å². The largest absolute Gasteiger partial charge is 0.468 e. The molecule has 0 saturated heterocycles. The number of rotatable bonds is 5. The number of carbonyl (C=O) groups excluding carboxylic acids is 1. The number of fused-ring (bicyclic) bond motifs is 1. The van der Waals surface area contributed by atoms with Crippen LogP contribution >= 0.6 is 0 Å². The molecule has 1 aromatic rings. The lowest BCUT2D eigenvalue weighted by molar-refractivity contribution is -0.154. The van der Waals surface area contributed by atoms with E-state index in [1.807, 2.05) is 0 Å². The number of nitrogens with zero attached hydrogens (tertiary/aromatic N) is 1. The monoisotopic (exact) mass is 365 g/mol. The number of urea groups is 1. The van der Waals surface area contributed by atoms with Gasteiger partial charge in [0.1, 0.15) is 0 Å². The first-order valence-electron chi connectivity index (χ1n) is 7.72. The van der Waals surface area contributed by atoms with Crippen molar-refractivity contribution in [2.24, 2.45) is 11.8 Å². The molecule has 1 aromatic heterocycles. The molecule has 25 heavy (non-hydrogen) atoms. The quantitative estimate of drug-likeness (QED) is 0.789. The zero-order valence-corrected chi connectivity index (χ0v) is 12.9. The topological polar surface area (TPSA) is 63.2 Å². The standard InChI is InChI=1S/C15H16F5N3O2/c16-14(17,18)7-25-12-3-8(1-2-21-12)6-22-13(24)23-9-4-10-11(5-9)15(10,19)20/h1-3,9-11H,4-7H2,(H2,22,23,24)/t9-,10-,11+. The molecule has 0 radical (unpaired) electrons. The lowest BCUT2D eigenvalue weighted by atomic mass is 10.1. The number of alkyl halides is 5. The van der Waals surface area contributed by atoms with Crippen LogP contribution in [0.4, 0.5) is 26.7 Å². The van der Waals surface area contributed by atoms with Crippen molar-refractivity contribution in [3.05, 3.63) is 23.9 Å². The predicted octanol–water partition coefficient (Wildman–Crippen LogP) is 2.87. The van der Waals surface area contributed by atoms with Gasteiger partial charge in [-0.3, -0.25) is 0 Å². The number of hydrogen-bond acceptors (Lipinski definition) is 3. The molecule has 2 amide bonds.